The third kappa shape index (κ3) is 7.81. The second kappa shape index (κ2) is 12.9. The summed E-state index contributed by atoms with van der Waals surface area (Å²) >= 11 is 2.17. The lowest BCUT2D eigenvalue weighted by atomic mass is 10.2. The fourth-order valence-corrected chi connectivity index (χ4v) is 3.49. The molecule has 0 aromatic heterocycles. The Balaban J connectivity index is 1.96. The van der Waals surface area contributed by atoms with Crippen molar-refractivity contribution < 1.29 is 28.5 Å². The number of nitrogens with zero attached hydrogens (tertiary/aromatic N) is 1. The molecule has 2 N–H and O–H groups in total. The molecule has 2 aromatic carbocycles. The highest BCUT2D eigenvalue weighted by Crippen LogP contribution is 2.34. The maximum atomic E-state index is 12.3. The van der Waals surface area contributed by atoms with E-state index in [-0.39, 0.29) is 12.6 Å². The topological polar surface area (TPSA) is 107 Å². The summed E-state index contributed by atoms with van der Waals surface area (Å²) in [6, 6.07) is 8.39. The van der Waals surface area contributed by atoms with Gasteiger partial charge in [0, 0.05) is 5.56 Å². The van der Waals surface area contributed by atoms with Crippen molar-refractivity contribution in [3.05, 3.63) is 45.0 Å². The Morgan fingerprint density at radius 3 is 2.45 bits per heavy atom. The lowest BCUT2D eigenvalue weighted by molar-refractivity contribution is -0.120. The minimum absolute atomic E-state index is 0.00531. The van der Waals surface area contributed by atoms with E-state index in [4.69, 9.17) is 18.9 Å². The molecule has 0 spiro atoms. The summed E-state index contributed by atoms with van der Waals surface area (Å²) in [5.74, 6) is 1.31. The van der Waals surface area contributed by atoms with Crippen LogP contribution in [-0.2, 0) is 4.79 Å². The van der Waals surface area contributed by atoms with Gasteiger partial charge < -0.3 is 24.3 Å². The molecule has 10 heteroatoms. The molecule has 0 aliphatic carbocycles. The number of methoxy groups -OCH3 is 2. The van der Waals surface area contributed by atoms with E-state index in [0.29, 0.717) is 35.2 Å². The van der Waals surface area contributed by atoms with E-state index in [1.54, 1.807) is 18.2 Å². The Kier molecular flexibility index (Phi) is 10.2. The van der Waals surface area contributed by atoms with Crippen LogP contribution in [0.1, 0.15) is 36.7 Å². The van der Waals surface area contributed by atoms with E-state index in [2.05, 4.69) is 38.4 Å². The average molecular weight is 569 g/mol. The van der Waals surface area contributed by atoms with Crippen LogP contribution in [0.3, 0.4) is 0 Å². The molecule has 0 aliphatic rings. The molecule has 0 saturated carbocycles. The van der Waals surface area contributed by atoms with Crippen molar-refractivity contribution in [2.24, 2.45) is 5.10 Å². The number of carbonyl (C=O) groups excluding carboxylic acids is 2. The fraction of sp³-hybridized carbons (Fsp3) is 0.348. The first kappa shape index (κ1) is 26.2. The van der Waals surface area contributed by atoms with Crippen LogP contribution in [0, 0.1) is 3.57 Å². The lowest BCUT2D eigenvalue weighted by Crippen LogP contribution is -2.34. The number of rotatable bonds is 11. The Morgan fingerprint density at radius 1 is 1.09 bits per heavy atom. The van der Waals surface area contributed by atoms with Crippen molar-refractivity contribution in [3.63, 3.8) is 0 Å². The number of carbonyl (C=O) groups is 2. The maximum Gasteiger partial charge on any atom is 0.259 e. The van der Waals surface area contributed by atoms with Crippen LogP contribution in [0.15, 0.2) is 35.4 Å². The molecule has 0 atom stereocenters. The van der Waals surface area contributed by atoms with E-state index in [9.17, 15) is 9.59 Å². The fourth-order valence-electron chi connectivity index (χ4n) is 2.73. The quantitative estimate of drug-likeness (QED) is 0.244. The summed E-state index contributed by atoms with van der Waals surface area (Å²) in [7, 11) is 2.99. The molecule has 9 nitrogen and oxygen atoms in total. The smallest absolute Gasteiger partial charge is 0.259 e. The summed E-state index contributed by atoms with van der Waals surface area (Å²) in [6.45, 7) is 6.03. The highest BCUT2D eigenvalue weighted by molar-refractivity contribution is 14.1. The SMILES string of the molecule is CCOc1cc(C=NNC(=O)CNC(=O)c2ccc(OC)c(OC)c2)cc(I)c1OC(C)C. The first-order valence-corrected chi connectivity index (χ1v) is 11.3. The number of nitrogens with one attached hydrogen (secondary N) is 2. The molecular formula is C23H28IN3O6. The number of hydrogen-bond donors (Lipinski definition) is 2. The number of benzene rings is 2. The first-order chi connectivity index (χ1) is 15.8. The minimum Gasteiger partial charge on any atom is -0.493 e. The summed E-state index contributed by atoms with van der Waals surface area (Å²) in [6.07, 6.45) is 1.50. The molecule has 0 aliphatic heterocycles. The molecule has 0 unspecified atom stereocenters. The van der Waals surface area contributed by atoms with Crippen LogP contribution >= 0.6 is 22.6 Å². The minimum atomic E-state index is -0.473. The molecule has 0 fully saturated rings. The number of hydrazone groups is 1. The second-order valence-corrected chi connectivity index (χ2v) is 8.14. The predicted molar refractivity (Wildman–Crippen MR) is 134 cm³/mol. The zero-order valence-corrected chi connectivity index (χ0v) is 21.4. The van der Waals surface area contributed by atoms with Gasteiger partial charge in [0.1, 0.15) is 0 Å². The highest BCUT2D eigenvalue weighted by Gasteiger charge is 2.14. The van der Waals surface area contributed by atoms with Crippen LogP contribution < -0.4 is 29.7 Å². The van der Waals surface area contributed by atoms with E-state index in [1.165, 1.54) is 26.5 Å². The molecule has 2 amide bonds. The average Bonchev–Trinajstić information content (AvgIpc) is 2.79. The molecule has 0 saturated heterocycles. The van der Waals surface area contributed by atoms with E-state index in [1.807, 2.05) is 26.8 Å². The zero-order chi connectivity index (χ0) is 24.4. The normalized spacial score (nSPS) is 10.8. The Hall–Kier alpha value is -3.02. The lowest BCUT2D eigenvalue weighted by Gasteiger charge is -2.16. The predicted octanol–water partition coefficient (Wildman–Crippen LogP) is 3.37. The third-order valence-electron chi connectivity index (χ3n) is 4.14. The molecule has 0 radical (unpaired) electrons. The van der Waals surface area contributed by atoms with Crippen molar-refractivity contribution in [2.45, 2.75) is 26.9 Å². The summed E-state index contributed by atoms with van der Waals surface area (Å²) in [5, 5.41) is 6.50. The Bertz CT molecular complexity index is 1010. The van der Waals surface area contributed by atoms with E-state index < -0.39 is 11.8 Å². The van der Waals surface area contributed by atoms with Crippen LogP contribution in [0.4, 0.5) is 0 Å². The molecule has 33 heavy (non-hydrogen) atoms. The standard InChI is InChI=1S/C23H28IN3O6/c1-6-32-20-10-15(9-17(24)22(20)33-14(2)3)12-26-27-21(28)13-25-23(29)16-7-8-18(30-4)19(11-16)31-5/h7-12,14H,6,13H2,1-5H3,(H,25,29)(H,27,28). The van der Waals surface area contributed by atoms with Crippen molar-refractivity contribution in [1.82, 2.24) is 10.7 Å². The van der Waals surface area contributed by atoms with Gasteiger partial charge in [0.2, 0.25) is 0 Å². The van der Waals surface area contributed by atoms with Gasteiger partial charge in [-0.05, 0) is 79.3 Å². The van der Waals surface area contributed by atoms with Crippen LogP contribution in [-0.4, -0.2) is 51.5 Å². The van der Waals surface area contributed by atoms with Gasteiger partial charge in [-0.3, -0.25) is 9.59 Å². The van der Waals surface area contributed by atoms with Crippen LogP contribution in [0.2, 0.25) is 0 Å². The number of amides is 2. The van der Waals surface area contributed by atoms with Gasteiger partial charge >= 0.3 is 0 Å². The molecule has 0 bridgehead atoms. The second-order valence-electron chi connectivity index (χ2n) is 6.98. The van der Waals surface area contributed by atoms with E-state index in [0.717, 1.165) is 9.13 Å². The van der Waals surface area contributed by atoms with Gasteiger partial charge in [-0.25, -0.2) is 5.43 Å². The van der Waals surface area contributed by atoms with Crippen molar-refractivity contribution in [3.8, 4) is 23.0 Å². The molecule has 2 aromatic rings. The van der Waals surface area contributed by atoms with Gasteiger partial charge in [-0.15, -0.1) is 0 Å². The molecule has 178 valence electrons. The zero-order valence-electron chi connectivity index (χ0n) is 19.2. The van der Waals surface area contributed by atoms with Gasteiger partial charge in [0.05, 0.1) is 43.3 Å². The van der Waals surface area contributed by atoms with Crippen LogP contribution in [0.25, 0.3) is 0 Å². The number of ether oxygens (including phenoxy) is 4. The highest BCUT2D eigenvalue weighted by atomic mass is 127. The number of halogens is 1. The van der Waals surface area contributed by atoms with Crippen molar-refractivity contribution in [1.29, 1.82) is 0 Å². The van der Waals surface area contributed by atoms with Gasteiger partial charge in [0.15, 0.2) is 23.0 Å². The maximum absolute atomic E-state index is 12.3. The molecule has 0 heterocycles. The van der Waals surface area contributed by atoms with Crippen molar-refractivity contribution in [2.75, 3.05) is 27.4 Å². The number of hydrogen-bond acceptors (Lipinski definition) is 7. The summed E-state index contributed by atoms with van der Waals surface area (Å²) < 4.78 is 22.7. The van der Waals surface area contributed by atoms with Gasteiger partial charge in [-0.1, -0.05) is 0 Å². The van der Waals surface area contributed by atoms with Crippen LogP contribution in [0.5, 0.6) is 23.0 Å². The van der Waals surface area contributed by atoms with Gasteiger partial charge in [-0.2, -0.15) is 5.10 Å². The first-order valence-electron chi connectivity index (χ1n) is 10.2. The molecule has 2 rings (SSSR count). The van der Waals surface area contributed by atoms with Gasteiger partial charge in [0.25, 0.3) is 11.8 Å². The van der Waals surface area contributed by atoms with Crippen molar-refractivity contribution >= 4 is 40.6 Å². The summed E-state index contributed by atoms with van der Waals surface area (Å²) in [4.78, 5) is 24.4. The Labute approximate surface area is 207 Å². The summed E-state index contributed by atoms with van der Waals surface area (Å²) in [5.41, 5.74) is 3.46. The third-order valence-corrected chi connectivity index (χ3v) is 4.94. The largest absolute Gasteiger partial charge is 0.493 e. The molecular weight excluding hydrogens is 541 g/mol. The van der Waals surface area contributed by atoms with E-state index >= 15 is 0 Å². The monoisotopic (exact) mass is 569 g/mol. The Morgan fingerprint density at radius 2 is 1.82 bits per heavy atom.